The Bertz CT molecular complexity index is 339. The molecule has 1 saturated heterocycles. The average Bonchev–Trinajstić information content (AvgIpc) is 2.06. The van der Waals surface area contributed by atoms with Gasteiger partial charge in [-0.25, -0.2) is 4.39 Å². The third-order valence-corrected chi connectivity index (χ3v) is 3.09. The summed E-state index contributed by atoms with van der Waals surface area (Å²) < 4.78 is 14.4. The average molecular weight is 259 g/mol. The summed E-state index contributed by atoms with van der Waals surface area (Å²) in [4.78, 5) is 1.98. The van der Waals surface area contributed by atoms with Crippen molar-refractivity contribution in [1.82, 2.24) is 5.32 Å². The zero-order valence-electron chi connectivity index (χ0n) is 7.93. The number of nitrogens with zero attached hydrogens (tertiary/aromatic N) is 1. The van der Waals surface area contributed by atoms with Gasteiger partial charge in [0.15, 0.2) is 0 Å². The number of nitrogens with one attached hydrogen (secondary N) is 1. The molecule has 0 unspecified atom stereocenters. The second-order valence-corrected chi connectivity index (χ2v) is 4.43. The number of rotatable bonds is 2. The van der Waals surface area contributed by atoms with Gasteiger partial charge in [-0.05, 0) is 18.2 Å². The Hall–Kier alpha value is -0.610. The number of likely N-dealkylation sites (N-methyl/N-ethyl adjacent to an activating group) is 1. The summed E-state index contributed by atoms with van der Waals surface area (Å²) >= 11 is 3.34. The van der Waals surface area contributed by atoms with Gasteiger partial charge >= 0.3 is 0 Å². The molecular formula is C10H12BrFN2. The maximum absolute atomic E-state index is 13.5. The van der Waals surface area contributed by atoms with Crippen molar-refractivity contribution in [3.05, 3.63) is 28.5 Å². The molecule has 1 aromatic carbocycles. The largest absolute Gasteiger partial charge is 0.367 e. The van der Waals surface area contributed by atoms with Crippen LogP contribution in [-0.2, 0) is 0 Å². The van der Waals surface area contributed by atoms with E-state index in [2.05, 4.69) is 21.2 Å². The number of anilines is 1. The monoisotopic (exact) mass is 258 g/mol. The number of hydrogen-bond donors (Lipinski definition) is 1. The summed E-state index contributed by atoms with van der Waals surface area (Å²) in [6.45, 7) is 1.87. The van der Waals surface area contributed by atoms with Crippen molar-refractivity contribution < 1.29 is 4.39 Å². The third kappa shape index (κ3) is 1.77. The van der Waals surface area contributed by atoms with Crippen LogP contribution in [0.2, 0.25) is 0 Å². The first kappa shape index (κ1) is 9.93. The minimum atomic E-state index is -0.164. The van der Waals surface area contributed by atoms with Crippen LogP contribution >= 0.6 is 15.9 Å². The zero-order chi connectivity index (χ0) is 10.1. The highest BCUT2D eigenvalue weighted by Gasteiger charge is 2.23. The molecule has 0 amide bonds. The van der Waals surface area contributed by atoms with Gasteiger partial charge in [-0.15, -0.1) is 0 Å². The van der Waals surface area contributed by atoms with Gasteiger partial charge in [0.25, 0.3) is 0 Å². The van der Waals surface area contributed by atoms with E-state index in [4.69, 9.17) is 0 Å². The van der Waals surface area contributed by atoms with Crippen LogP contribution in [0, 0.1) is 5.82 Å². The minimum Gasteiger partial charge on any atom is -0.367 e. The van der Waals surface area contributed by atoms with Crippen molar-refractivity contribution >= 4 is 21.6 Å². The molecule has 0 atom stereocenters. The van der Waals surface area contributed by atoms with Gasteiger partial charge in [-0.2, -0.15) is 0 Å². The molecule has 0 saturated carbocycles. The van der Waals surface area contributed by atoms with Gasteiger partial charge in [0.05, 0.1) is 11.7 Å². The van der Waals surface area contributed by atoms with Crippen molar-refractivity contribution in [3.63, 3.8) is 0 Å². The van der Waals surface area contributed by atoms with E-state index < -0.39 is 0 Å². The van der Waals surface area contributed by atoms with E-state index in [1.165, 1.54) is 6.07 Å². The number of benzene rings is 1. The first-order valence-electron chi connectivity index (χ1n) is 4.57. The fourth-order valence-electron chi connectivity index (χ4n) is 1.50. The minimum absolute atomic E-state index is 0.164. The molecule has 4 heteroatoms. The number of hydrogen-bond acceptors (Lipinski definition) is 2. The standard InChI is InChI=1S/C10H12BrFN2/c1-14(8-5-13-6-8)10-4-7(11)2-3-9(10)12/h2-4,8,13H,5-6H2,1H3. The maximum Gasteiger partial charge on any atom is 0.146 e. The maximum atomic E-state index is 13.5. The summed E-state index contributed by atoms with van der Waals surface area (Å²) in [7, 11) is 1.93. The van der Waals surface area contributed by atoms with Gasteiger partial charge in [0.1, 0.15) is 5.82 Å². The van der Waals surface area contributed by atoms with Crippen LogP contribution in [0.1, 0.15) is 0 Å². The van der Waals surface area contributed by atoms with Crippen molar-refractivity contribution in [3.8, 4) is 0 Å². The molecule has 1 aromatic rings. The van der Waals surface area contributed by atoms with Crippen molar-refractivity contribution in [2.24, 2.45) is 0 Å². The van der Waals surface area contributed by atoms with E-state index in [0.717, 1.165) is 17.6 Å². The summed E-state index contributed by atoms with van der Waals surface area (Å²) in [5.74, 6) is -0.164. The highest BCUT2D eigenvalue weighted by atomic mass is 79.9. The third-order valence-electron chi connectivity index (χ3n) is 2.60. The van der Waals surface area contributed by atoms with Crippen LogP contribution in [0.15, 0.2) is 22.7 Å². The SMILES string of the molecule is CN(c1cc(Br)ccc1F)C1CNC1. The smallest absolute Gasteiger partial charge is 0.146 e. The fourth-order valence-corrected chi connectivity index (χ4v) is 1.85. The van der Waals surface area contributed by atoms with Crippen LogP contribution in [0.25, 0.3) is 0 Å². The van der Waals surface area contributed by atoms with Gasteiger partial charge in [0, 0.05) is 24.6 Å². The highest BCUT2D eigenvalue weighted by Crippen LogP contribution is 2.25. The Morgan fingerprint density at radius 1 is 1.50 bits per heavy atom. The van der Waals surface area contributed by atoms with Gasteiger partial charge in [0.2, 0.25) is 0 Å². The van der Waals surface area contributed by atoms with Gasteiger partial charge in [-0.3, -0.25) is 0 Å². The molecule has 1 heterocycles. The van der Waals surface area contributed by atoms with E-state index in [9.17, 15) is 4.39 Å². The molecule has 2 rings (SSSR count). The zero-order valence-corrected chi connectivity index (χ0v) is 9.51. The quantitative estimate of drug-likeness (QED) is 0.873. The fraction of sp³-hybridized carbons (Fsp3) is 0.400. The Morgan fingerprint density at radius 3 is 2.79 bits per heavy atom. The Morgan fingerprint density at radius 2 is 2.21 bits per heavy atom. The van der Waals surface area contributed by atoms with Crippen molar-refractivity contribution in [2.75, 3.05) is 25.0 Å². The van der Waals surface area contributed by atoms with Crippen LogP contribution in [0.3, 0.4) is 0 Å². The summed E-state index contributed by atoms with van der Waals surface area (Å²) in [5.41, 5.74) is 0.658. The number of halogens is 2. The lowest BCUT2D eigenvalue weighted by Gasteiger charge is -2.37. The van der Waals surface area contributed by atoms with E-state index in [1.807, 2.05) is 18.0 Å². The Kier molecular flexibility index (Phi) is 2.74. The first-order valence-corrected chi connectivity index (χ1v) is 5.36. The molecule has 2 nitrogen and oxygen atoms in total. The molecule has 14 heavy (non-hydrogen) atoms. The Labute approximate surface area is 91.2 Å². The van der Waals surface area contributed by atoms with E-state index in [0.29, 0.717) is 11.7 Å². The molecule has 1 fully saturated rings. The molecular weight excluding hydrogens is 247 g/mol. The topological polar surface area (TPSA) is 15.3 Å². The molecule has 1 N–H and O–H groups in total. The van der Waals surface area contributed by atoms with Gasteiger partial charge in [-0.1, -0.05) is 15.9 Å². The summed E-state index contributed by atoms with van der Waals surface area (Å²) in [6.07, 6.45) is 0. The first-order chi connectivity index (χ1) is 6.68. The predicted molar refractivity (Wildman–Crippen MR) is 59.2 cm³/mol. The lowest BCUT2D eigenvalue weighted by Crippen LogP contribution is -2.56. The second-order valence-electron chi connectivity index (χ2n) is 3.52. The Balaban J connectivity index is 2.24. The molecule has 0 aromatic heterocycles. The molecule has 1 aliphatic rings. The van der Waals surface area contributed by atoms with Crippen LogP contribution < -0.4 is 10.2 Å². The van der Waals surface area contributed by atoms with Crippen molar-refractivity contribution in [2.45, 2.75) is 6.04 Å². The van der Waals surface area contributed by atoms with Crippen LogP contribution in [-0.4, -0.2) is 26.2 Å². The summed E-state index contributed by atoms with van der Waals surface area (Å²) in [6, 6.07) is 5.43. The van der Waals surface area contributed by atoms with Crippen LogP contribution in [0.5, 0.6) is 0 Å². The lowest BCUT2D eigenvalue weighted by atomic mass is 10.1. The van der Waals surface area contributed by atoms with Gasteiger partial charge < -0.3 is 10.2 Å². The van der Waals surface area contributed by atoms with Crippen LogP contribution in [0.4, 0.5) is 10.1 Å². The molecule has 0 radical (unpaired) electrons. The molecule has 0 bridgehead atoms. The molecule has 0 spiro atoms. The lowest BCUT2D eigenvalue weighted by molar-refractivity contribution is 0.425. The van der Waals surface area contributed by atoms with E-state index >= 15 is 0 Å². The van der Waals surface area contributed by atoms with E-state index in [1.54, 1.807) is 6.07 Å². The van der Waals surface area contributed by atoms with E-state index in [-0.39, 0.29) is 5.82 Å². The molecule has 1 aliphatic heterocycles. The molecule has 76 valence electrons. The molecule has 0 aliphatic carbocycles. The second kappa shape index (κ2) is 3.87. The predicted octanol–water partition coefficient (Wildman–Crippen LogP) is 2.00. The normalized spacial score (nSPS) is 16.5. The van der Waals surface area contributed by atoms with Crippen molar-refractivity contribution in [1.29, 1.82) is 0 Å². The highest BCUT2D eigenvalue weighted by molar-refractivity contribution is 9.10. The summed E-state index contributed by atoms with van der Waals surface area (Å²) in [5, 5.41) is 3.17.